The molecule has 2 heterocycles. The first-order valence-electron chi connectivity index (χ1n) is 19.2. The lowest BCUT2D eigenvalue weighted by Gasteiger charge is -2.42. The second-order valence-corrected chi connectivity index (χ2v) is 14.0. The normalized spacial score (nSPS) is 32.1. The standard InChI is InChI=1S/C35H68O19/c1-3-4-5-6-7-8-9-10-11-14-48-21(13-12-15-49-33-30(44)28(42)26(40)23(17-37)52-33)25(19-50-35(32(46)47)51-22(16-36)20(2)39)54-34-31(45)29(43)27(41)24(18-38)53-34/h20-47H,3-19H2,1-2H3/t20-,21+,22?,23?,24?,25-,26?,27?,28?,29?,30?,31?,33?,34?,35?/m0/s1. The Morgan fingerprint density at radius 2 is 1.11 bits per heavy atom. The summed E-state index contributed by atoms with van der Waals surface area (Å²) in [5.41, 5.74) is 0. The Kier molecular flexibility index (Phi) is 24.7. The molecule has 2 aliphatic heterocycles. The zero-order chi connectivity index (χ0) is 40.2. The van der Waals surface area contributed by atoms with E-state index in [1.165, 1.54) is 32.6 Å². The van der Waals surface area contributed by atoms with Crippen molar-refractivity contribution in [2.75, 3.05) is 39.6 Å². The zero-order valence-electron chi connectivity index (χ0n) is 31.5. The highest BCUT2D eigenvalue weighted by molar-refractivity contribution is 4.90. The highest BCUT2D eigenvalue weighted by Gasteiger charge is 2.46. The van der Waals surface area contributed by atoms with Gasteiger partial charge in [0.25, 0.3) is 0 Å². The molecule has 0 aromatic heterocycles. The summed E-state index contributed by atoms with van der Waals surface area (Å²) in [6.07, 6.45) is -14.5. The third-order valence-corrected chi connectivity index (χ3v) is 9.61. The zero-order valence-corrected chi connectivity index (χ0v) is 31.5. The van der Waals surface area contributed by atoms with Crippen LogP contribution in [0.25, 0.3) is 0 Å². The number of aliphatic hydroxyl groups excluding tert-OH is 11. The molecular weight excluding hydrogens is 724 g/mol. The van der Waals surface area contributed by atoms with E-state index in [1.54, 1.807) is 0 Å². The minimum absolute atomic E-state index is 0.0954. The van der Waals surface area contributed by atoms with Crippen LogP contribution in [-0.2, 0) is 33.2 Å². The van der Waals surface area contributed by atoms with Gasteiger partial charge in [0.05, 0.1) is 38.6 Å². The predicted molar refractivity (Wildman–Crippen MR) is 186 cm³/mol. The smallest absolute Gasteiger partial charge is 0.209 e. The molecule has 0 aromatic carbocycles. The van der Waals surface area contributed by atoms with Gasteiger partial charge in [-0.15, -0.1) is 0 Å². The summed E-state index contributed by atoms with van der Waals surface area (Å²) in [6.45, 7) is 1.03. The lowest BCUT2D eigenvalue weighted by molar-refractivity contribution is -0.332. The molecule has 0 aromatic rings. The fourth-order valence-electron chi connectivity index (χ4n) is 6.17. The number of rotatable bonds is 29. The fourth-order valence-corrected chi connectivity index (χ4v) is 6.17. The van der Waals surface area contributed by atoms with E-state index in [0.717, 1.165) is 25.7 Å². The van der Waals surface area contributed by atoms with Crippen LogP contribution in [0.5, 0.6) is 0 Å². The molecule has 2 aliphatic rings. The van der Waals surface area contributed by atoms with E-state index < -0.39 is 125 Å². The Morgan fingerprint density at radius 3 is 1.63 bits per heavy atom. The van der Waals surface area contributed by atoms with E-state index in [2.05, 4.69) is 6.92 Å². The van der Waals surface area contributed by atoms with Gasteiger partial charge in [0.1, 0.15) is 61.0 Å². The molecule has 0 amide bonds. The lowest BCUT2D eigenvalue weighted by Crippen LogP contribution is -2.60. The van der Waals surface area contributed by atoms with Gasteiger partial charge in [0, 0.05) is 13.2 Å². The SMILES string of the molecule is CCCCCCCCCCCO[C@H](CCCOC1OC(CO)C(O)C(O)C1O)[C@H](COC(OC(CO)[C@H](C)O)C(O)O)OC1OC(CO)C(O)C(O)C1O. The maximum atomic E-state index is 10.8. The quantitative estimate of drug-likeness (QED) is 0.0267. The Balaban J connectivity index is 2.24. The molecule has 2 rings (SSSR count). The number of aliphatic hydroxyl groups is 12. The first-order chi connectivity index (χ1) is 25.8. The molecule has 0 radical (unpaired) electrons. The van der Waals surface area contributed by atoms with Crippen LogP contribution in [0.3, 0.4) is 0 Å². The summed E-state index contributed by atoms with van der Waals surface area (Å²) in [7, 11) is 0. The van der Waals surface area contributed by atoms with Crippen LogP contribution in [-0.4, -0.2) is 199 Å². The van der Waals surface area contributed by atoms with Crippen LogP contribution in [0.1, 0.15) is 84.5 Å². The lowest BCUT2D eigenvalue weighted by atomic mass is 9.99. The number of ether oxygens (including phenoxy) is 7. The van der Waals surface area contributed by atoms with Crippen LogP contribution in [0, 0.1) is 0 Å². The molecule has 54 heavy (non-hydrogen) atoms. The van der Waals surface area contributed by atoms with Crippen LogP contribution in [0.15, 0.2) is 0 Å². The molecule has 19 nitrogen and oxygen atoms in total. The molecule has 2 fully saturated rings. The maximum Gasteiger partial charge on any atom is 0.209 e. The molecule has 322 valence electrons. The van der Waals surface area contributed by atoms with Crippen molar-refractivity contribution < 1.29 is 94.4 Å². The van der Waals surface area contributed by atoms with E-state index in [1.807, 2.05) is 0 Å². The molecule has 12 unspecified atom stereocenters. The molecule has 0 bridgehead atoms. The summed E-state index contributed by atoms with van der Waals surface area (Å²) < 4.78 is 40.0. The molecule has 12 N–H and O–H groups in total. The van der Waals surface area contributed by atoms with Gasteiger partial charge in [-0.3, -0.25) is 0 Å². The van der Waals surface area contributed by atoms with Crippen molar-refractivity contribution in [3.05, 3.63) is 0 Å². The molecule has 0 saturated carbocycles. The van der Waals surface area contributed by atoms with Gasteiger partial charge < -0.3 is 94.4 Å². The number of hydrogen-bond donors (Lipinski definition) is 12. The van der Waals surface area contributed by atoms with Crippen molar-refractivity contribution in [3.8, 4) is 0 Å². The number of unbranched alkanes of at least 4 members (excludes halogenated alkanes) is 8. The van der Waals surface area contributed by atoms with E-state index in [4.69, 9.17) is 33.2 Å². The second-order valence-electron chi connectivity index (χ2n) is 14.0. The summed E-state index contributed by atoms with van der Waals surface area (Å²) in [5, 5.41) is 121. The van der Waals surface area contributed by atoms with Crippen molar-refractivity contribution in [1.82, 2.24) is 0 Å². The second kappa shape index (κ2) is 27.0. The predicted octanol–water partition coefficient (Wildman–Crippen LogP) is -2.90. The molecule has 19 heteroatoms. The molecule has 0 aliphatic carbocycles. The Morgan fingerprint density at radius 1 is 0.574 bits per heavy atom. The van der Waals surface area contributed by atoms with Crippen LogP contribution < -0.4 is 0 Å². The van der Waals surface area contributed by atoms with Crippen LogP contribution in [0.4, 0.5) is 0 Å². The Labute approximate surface area is 316 Å². The van der Waals surface area contributed by atoms with Crippen LogP contribution >= 0.6 is 0 Å². The van der Waals surface area contributed by atoms with E-state index in [0.29, 0.717) is 6.42 Å². The van der Waals surface area contributed by atoms with Crippen molar-refractivity contribution >= 4 is 0 Å². The molecule has 2 saturated heterocycles. The van der Waals surface area contributed by atoms with Crippen molar-refractivity contribution in [2.24, 2.45) is 0 Å². The van der Waals surface area contributed by atoms with Gasteiger partial charge in [-0.05, 0) is 26.2 Å². The topological polar surface area (TPSA) is 307 Å². The van der Waals surface area contributed by atoms with E-state index in [9.17, 15) is 61.3 Å². The highest BCUT2D eigenvalue weighted by Crippen LogP contribution is 2.27. The van der Waals surface area contributed by atoms with Gasteiger partial charge in [0.2, 0.25) is 12.6 Å². The van der Waals surface area contributed by atoms with E-state index >= 15 is 0 Å². The monoisotopic (exact) mass is 792 g/mol. The molecule has 0 spiro atoms. The molecule has 15 atom stereocenters. The minimum Gasteiger partial charge on any atom is -0.394 e. The first-order valence-corrected chi connectivity index (χ1v) is 19.2. The maximum absolute atomic E-state index is 10.8. The summed E-state index contributed by atoms with van der Waals surface area (Å²) in [4.78, 5) is 0. The fraction of sp³-hybridized carbons (Fsp3) is 1.00. The van der Waals surface area contributed by atoms with Gasteiger partial charge in [-0.1, -0.05) is 58.3 Å². The van der Waals surface area contributed by atoms with Crippen molar-refractivity contribution in [2.45, 2.75) is 183 Å². The van der Waals surface area contributed by atoms with Gasteiger partial charge in [-0.2, -0.15) is 0 Å². The highest BCUT2D eigenvalue weighted by atomic mass is 16.7. The summed E-state index contributed by atoms with van der Waals surface area (Å²) >= 11 is 0. The van der Waals surface area contributed by atoms with Gasteiger partial charge in [-0.25, -0.2) is 0 Å². The van der Waals surface area contributed by atoms with E-state index in [-0.39, 0.29) is 26.1 Å². The van der Waals surface area contributed by atoms with Gasteiger partial charge in [0.15, 0.2) is 12.6 Å². The third kappa shape index (κ3) is 16.2. The summed E-state index contributed by atoms with van der Waals surface area (Å²) in [5.74, 6) is 0. The van der Waals surface area contributed by atoms with Crippen molar-refractivity contribution in [3.63, 3.8) is 0 Å². The Bertz CT molecular complexity index is 931. The number of hydrogen-bond acceptors (Lipinski definition) is 19. The Hall–Kier alpha value is -0.760. The van der Waals surface area contributed by atoms with Crippen LogP contribution in [0.2, 0.25) is 0 Å². The van der Waals surface area contributed by atoms with Gasteiger partial charge >= 0.3 is 0 Å². The average Bonchev–Trinajstić information content (AvgIpc) is 3.15. The average molecular weight is 793 g/mol. The largest absolute Gasteiger partial charge is 0.394 e. The third-order valence-electron chi connectivity index (χ3n) is 9.61. The van der Waals surface area contributed by atoms with Crippen molar-refractivity contribution in [1.29, 1.82) is 0 Å². The first kappa shape index (κ1) is 49.4. The minimum atomic E-state index is -2.25. The summed E-state index contributed by atoms with van der Waals surface area (Å²) in [6, 6.07) is 0. The molecular formula is C35H68O19.